The molecule has 0 bridgehead atoms. The van der Waals surface area contributed by atoms with Crippen molar-refractivity contribution < 1.29 is 14.3 Å². The van der Waals surface area contributed by atoms with Gasteiger partial charge in [-0.3, -0.25) is 0 Å². The fourth-order valence-corrected chi connectivity index (χ4v) is 1.55. The molecule has 3 heteroatoms. The first-order valence-corrected chi connectivity index (χ1v) is 6.28. The van der Waals surface area contributed by atoms with Crippen molar-refractivity contribution in [2.24, 2.45) is 0 Å². The van der Waals surface area contributed by atoms with Gasteiger partial charge in [0.2, 0.25) is 0 Å². The van der Waals surface area contributed by atoms with E-state index in [1.165, 1.54) is 5.56 Å². The van der Waals surface area contributed by atoms with E-state index in [2.05, 4.69) is 20.8 Å². The van der Waals surface area contributed by atoms with E-state index in [-0.39, 0.29) is 11.4 Å². The summed E-state index contributed by atoms with van der Waals surface area (Å²) >= 11 is 0. The van der Waals surface area contributed by atoms with Gasteiger partial charge in [-0.25, -0.2) is 4.79 Å². The number of rotatable bonds is 4. The van der Waals surface area contributed by atoms with Crippen molar-refractivity contribution in [3.05, 3.63) is 29.8 Å². The molecular formula is C15H22O3. The number of hydrogen-bond acceptors (Lipinski definition) is 3. The third-order valence-corrected chi connectivity index (χ3v) is 2.65. The van der Waals surface area contributed by atoms with E-state index < -0.39 is 6.10 Å². The van der Waals surface area contributed by atoms with E-state index in [1.54, 1.807) is 13.8 Å². The average molecular weight is 250 g/mol. The van der Waals surface area contributed by atoms with Crippen molar-refractivity contribution in [2.75, 3.05) is 6.61 Å². The highest BCUT2D eigenvalue weighted by atomic mass is 16.6. The number of benzene rings is 1. The lowest BCUT2D eigenvalue weighted by molar-refractivity contribution is -0.150. The fourth-order valence-electron chi connectivity index (χ4n) is 1.55. The normalized spacial score (nSPS) is 12.9. The molecule has 18 heavy (non-hydrogen) atoms. The topological polar surface area (TPSA) is 35.5 Å². The Morgan fingerprint density at radius 2 is 1.78 bits per heavy atom. The summed E-state index contributed by atoms with van der Waals surface area (Å²) in [5.41, 5.74) is 1.35. The fraction of sp³-hybridized carbons (Fsp3) is 0.533. The lowest BCUT2D eigenvalue weighted by atomic mass is 9.87. The maximum atomic E-state index is 11.4. The molecule has 0 aromatic heterocycles. The predicted octanol–water partition coefficient (Wildman–Crippen LogP) is 3.31. The summed E-state index contributed by atoms with van der Waals surface area (Å²) in [6.45, 7) is 10.3. The summed E-state index contributed by atoms with van der Waals surface area (Å²) in [7, 11) is 0. The van der Waals surface area contributed by atoms with Crippen molar-refractivity contribution in [1.29, 1.82) is 0 Å². The van der Waals surface area contributed by atoms with Gasteiger partial charge < -0.3 is 9.47 Å². The van der Waals surface area contributed by atoms with Gasteiger partial charge in [-0.2, -0.15) is 0 Å². The molecule has 1 rings (SSSR count). The van der Waals surface area contributed by atoms with Crippen molar-refractivity contribution in [3.63, 3.8) is 0 Å². The van der Waals surface area contributed by atoms with Crippen LogP contribution in [0.4, 0.5) is 0 Å². The highest BCUT2D eigenvalue weighted by molar-refractivity contribution is 5.74. The third kappa shape index (κ3) is 4.06. The van der Waals surface area contributed by atoms with Gasteiger partial charge in [-0.05, 0) is 37.0 Å². The summed E-state index contributed by atoms with van der Waals surface area (Å²) in [6.07, 6.45) is -0.578. The van der Waals surface area contributed by atoms with Crippen LogP contribution in [0.25, 0.3) is 0 Å². The number of hydrogen-bond donors (Lipinski definition) is 0. The molecule has 0 heterocycles. The minimum atomic E-state index is -0.578. The first-order chi connectivity index (χ1) is 8.34. The number of esters is 1. The van der Waals surface area contributed by atoms with Crippen molar-refractivity contribution in [3.8, 4) is 5.75 Å². The molecule has 1 aromatic rings. The minimum absolute atomic E-state index is 0.116. The smallest absolute Gasteiger partial charge is 0.347 e. The van der Waals surface area contributed by atoms with Crippen LogP contribution in [0.5, 0.6) is 5.75 Å². The summed E-state index contributed by atoms with van der Waals surface area (Å²) in [5, 5.41) is 0. The average Bonchev–Trinajstić information content (AvgIpc) is 2.28. The first kappa shape index (κ1) is 14.6. The second-order valence-electron chi connectivity index (χ2n) is 5.29. The zero-order chi connectivity index (χ0) is 13.8. The number of ether oxygens (including phenoxy) is 2. The molecule has 0 aliphatic rings. The molecule has 0 amide bonds. The van der Waals surface area contributed by atoms with Gasteiger partial charge in [0, 0.05) is 0 Å². The van der Waals surface area contributed by atoms with Crippen molar-refractivity contribution in [2.45, 2.75) is 46.1 Å². The summed E-state index contributed by atoms with van der Waals surface area (Å²) in [4.78, 5) is 11.4. The summed E-state index contributed by atoms with van der Waals surface area (Å²) < 4.78 is 10.4. The second-order valence-corrected chi connectivity index (χ2v) is 5.29. The molecular weight excluding hydrogens is 228 g/mol. The van der Waals surface area contributed by atoms with E-state index in [4.69, 9.17) is 9.47 Å². The maximum Gasteiger partial charge on any atom is 0.347 e. The van der Waals surface area contributed by atoms with Crippen LogP contribution < -0.4 is 4.74 Å². The summed E-state index contributed by atoms with van der Waals surface area (Å²) in [5.74, 6) is 0.348. The quantitative estimate of drug-likeness (QED) is 0.769. The van der Waals surface area contributed by atoms with E-state index in [9.17, 15) is 4.79 Å². The maximum absolute atomic E-state index is 11.4. The molecule has 0 radical (unpaired) electrons. The van der Waals surface area contributed by atoms with E-state index in [0.717, 1.165) is 0 Å². The van der Waals surface area contributed by atoms with Crippen LogP contribution in [0.15, 0.2) is 24.3 Å². The van der Waals surface area contributed by atoms with Gasteiger partial charge in [0.25, 0.3) is 0 Å². The van der Waals surface area contributed by atoms with Crippen LogP contribution in [0, 0.1) is 0 Å². The van der Waals surface area contributed by atoms with Crippen LogP contribution in [0.2, 0.25) is 0 Å². The number of carbonyl (C=O) groups excluding carboxylic acids is 1. The molecule has 100 valence electrons. The van der Waals surface area contributed by atoms with Gasteiger partial charge >= 0.3 is 5.97 Å². The van der Waals surface area contributed by atoms with Crippen LogP contribution in [0.1, 0.15) is 40.2 Å². The zero-order valence-corrected chi connectivity index (χ0v) is 11.8. The monoisotopic (exact) mass is 250 g/mol. The SMILES string of the molecule is CCOC(=O)[C@H](C)Oc1ccc(C(C)(C)C)cc1. The molecule has 0 fully saturated rings. The van der Waals surface area contributed by atoms with Crippen LogP contribution in [-0.4, -0.2) is 18.7 Å². The third-order valence-electron chi connectivity index (χ3n) is 2.65. The Bertz CT molecular complexity index is 387. The molecule has 0 aliphatic carbocycles. The Hall–Kier alpha value is -1.51. The second kappa shape index (κ2) is 5.89. The minimum Gasteiger partial charge on any atom is -0.479 e. The molecule has 1 aromatic carbocycles. The van der Waals surface area contributed by atoms with E-state index >= 15 is 0 Å². The molecule has 0 unspecified atom stereocenters. The van der Waals surface area contributed by atoms with E-state index in [1.807, 2.05) is 24.3 Å². The molecule has 3 nitrogen and oxygen atoms in total. The molecule has 0 saturated heterocycles. The van der Waals surface area contributed by atoms with Gasteiger partial charge in [0.1, 0.15) is 5.75 Å². The van der Waals surface area contributed by atoms with Gasteiger partial charge in [-0.1, -0.05) is 32.9 Å². The van der Waals surface area contributed by atoms with Crippen molar-refractivity contribution >= 4 is 5.97 Å². The van der Waals surface area contributed by atoms with Crippen LogP contribution in [-0.2, 0) is 14.9 Å². The van der Waals surface area contributed by atoms with Crippen molar-refractivity contribution in [1.82, 2.24) is 0 Å². The molecule has 0 N–H and O–H groups in total. The van der Waals surface area contributed by atoms with E-state index in [0.29, 0.717) is 12.4 Å². The molecule has 0 saturated carbocycles. The molecule has 0 spiro atoms. The molecule has 1 atom stereocenters. The highest BCUT2D eigenvalue weighted by Gasteiger charge is 2.17. The Balaban J connectivity index is 2.67. The Kier molecular flexibility index (Phi) is 4.76. The van der Waals surface area contributed by atoms with Gasteiger partial charge in [0.05, 0.1) is 6.61 Å². The highest BCUT2D eigenvalue weighted by Crippen LogP contribution is 2.24. The van der Waals surface area contributed by atoms with Gasteiger partial charge in [-0.15, -0.1) is 0 Å². The Morgan fingerprint density at radius 1 is 1.22 bits per heavy atom. The van der Waals surface area contributed by atoms with Gasteiger partial charge in [0.15, 0.2) is 6.10 Å². The standard InChI is InChI=1S/C15H22O3/c1-6-17-14(16)11(2)18-13-9-7-12(8-10-13)15(3,4)5/h7-11H,6H2,1-5H3/t11-/m0/s1. The Morgan fingerprint density at radius 3 is 2.22 bits per heavy atom. The van der Waals surface area contributed by atoms with Crippen LogP contribution >= 0.6 is 0 Å². The predicted molar refractivity (Wildman–Crippen MR) is 71.9 cm³/mol. The number of carbonyl (C=O) groups is 1. The summed E-state index contributed by atoms with van der Waals surface area (Å²) in [6, 6.07) is 7.81. The zero-order valence-electron chi connectivity index (χ0n) is 11.8. The molecule has 0 aliphatic heterocycles. The lowest BCUT2D eigenvalue weighted by Gasteiger charge is -2.19. The first-order valence-electron chi connectivity index (χ1n) is 6.28. The van der Waals surface area contributed by atoms with Crippen LogP contribution in [0.3, 0.4) is 0 Å². The largest absolute Gasteiger partial charge is 0.479 e. The lowest BCUT2D eigenvalue weighted by Crippen LogP contribution is -2.26. The Labute approximate surface area is 109 Å².